The van der Waals surface area contributed by atoms with Crippen LogP contribution in [0.5, 0.6) is 0 Å². The van der Waals surface area contributed by atoms with Crippen LogP contribution in [0.1, 0.15) is 11.1 Å². The first-order chi connectivity index (χ1) is 7.24. The van der Waals surface area contributed by atoms with Crippen molar-refractivity contribution in [2.24, 2.45) is 0 Å². The molecule has 0 heterocycles. The van der Waals surface area contributed by atoms with E-state index < -0.39 is 21.1 Å². The molecule has 0 saturated carbocycles. The Labute approximate surface area is 126 Å². The summed E-state index contributed by atoms with van der Waals surface area (Å²) >= 11 is -0.556. The summed E-state index contributed by atoms with van der Waals surface area (Å²) in [7, 11) is 0. The van der Waals surface area contributed by atoms with Gasteiger partial charge in [-0.1, -0.05) is 0 Å². The fraction of sp³-hybridized carbons (Fsp3) is 0.143. The average Bonchev–Trinajstić information content (AvgIpc) is 2.25. The molecule has 0 atom stereocenters. The molecular formula is C14H14Cl2Sn. The van der Waals surface area contributed by atoms with Crippen molar-refractivity contribution in [2.45, 2.75) is 13.8 Å². The number of halogens is 2. The van der Waals surface area contributed by atoms with Crippen LogP contribution in [0.25, 0.3) is 0 Å². The van der Waals surface area contributed by atoms with E-state index in [0.29, 0.717) is 0 Å². The summed E-state index contributed by atoms with van der Waals surface area (Å²) in [6, 6.07) is 18.0. The van der Waals surface area contributed by atoms with E-state index in [4.69, 9.17) is 0 Å². The smallest absolute Gasteiger partial charge is 1.00 e. The minimum absolute atomic E-state index is 0. The first-order valence-electron chi connectivity index (χ1n) is 5.14. The molecular weight excluding hydrogens is 358 g/mol. The largest absolute Gasteiger partial charge is 1.00 e. The third-order valence-corrected chi connectivity index (χ3v) is 5.94. The molecule has 0 nitrogen and oxygen atoms in total. The minimum Gasteiger partial charge on any atom is -1.00 e. The summed E-state index contributed by atoms with van der Waals surface area (Å²) in [5.41, 5.74) is 2.70. The molecule has 2 aromatic rings. The van der Waals surface area contributed by atoms with Crippen molar-refractivity contribution in [3.05, 3.63) is 59.7 Å². The number of benzene rings is 2. The van der Waals surface area contributed by atoms with Crippen LogP contribution in [0.4, 0.5) is 0 Å². The predicted molar refractivity (Wildman–Crippen MR) is 67.4 cm³/mol. The third kappa shape index (κ3) is 5.32. The van der Waals surface area contributed by atoms with E-state index in [9.17, 15) is 0 Å². The molecule has 88 valence electrons. The van der Waals surface area contributed by atoms with Gasteiger partial charge >= 0.3 is 102 Å². The van der Waals surface area contributed by atoms with Gasteiger partial charge in [-0.25, -0.2) is 0 Å². The second kappa shape index (κ2) is 8.01. The molecule has 0 aliphatic carbocycles. The Hall–Kier alpha value is -0.181. The summed E-state index contributed by atoms with van der Waals surface area (Å²) in [5.74, 6) is 0. The van der Waals surface area contributed by atoms with Crippen molar-refractivity contribution in [3.63, 3.8) is 0 Å². The Morgan fingerprint density at radius 1 is 0.588 bits per heavy atom. The summed E-state index contributed by atoms with van der Waals surface area (Å²) in [6.07, 6.45) is 0. The molecule has 2 rings (SSSR count). The molecule has 0 radical (unpaired) electrons. The van der Waals surface area contributed by atoms with Gasteiger partial charge in [0.2, 0.25) is 0 Å². The molecule has 0 bridgehead atoms. The van der Waals surface area contributed by atoms with Crippen LogP contribution in [0.2, 0.25) is 0 Å². The van der Waals surface area contributed by atoms with Crippen LogP contribution in [-0.4, -0.2) is 21.1 Å². The van der Waals surface area contributed by atoms with E-state index in [1.807, 2.05) is 0 Å². The van der Waals surface area contributed by atoms with Crippen molar-refractivity contribution in [3.8, 4) is 0 Å². The van der Waals surface area contributed by atoms with Crippen molar-refractivity contribution >= 4 is 28.3 Å². The van der Waals surface area contributed by atoms with Crippen LogP contribution >= 0.6 is 0 Å². The van der Waals surface area contributed by atoms with E-state index in [1.165, 1.54) is 11.1 Å². The third-order valence-electron chi connectivity index (χ3n) is 2.39. The van der Waals surface area contributed by atoms with Gasteiger partial charge in [0.15, 0.2) is 0 Å². The van der Waals surface area contributed by atoms with Crippen molar-refractivity contribution in [1.82, 2.24) is 0 Å². The zero-order chi connectivity index (χ0) is 10.7. The SMILES string of the molecule is Cc1cc[c]([Sn+2][c]2ccc(C)cc2)cc1.[Cl-].[Cl-]. The quantitative estimate of drug-likeness (QED) is 0.472. The Kier molecular flexibility index (Phi) is 7.93. The van der Waals surface area contributed by atoms with E-state index in [0.717, 1.165) is 0 Å². The van der Waals surface area contributed by atoms with Gasteiger partial charge in [-0.05, 0) is 0 Å². The Balaban J connectivity index is 0.00000128. The number of aryl methyl sites for hydroxylation is 2. The topological polar surface area (TPSA) is 0 Å². The van der Waals surface area contributed by atoms with E-state index in [1.54, 1.807) is 7.16 Å². The van der Waals surface area contributed by atoms with E-state index in [2.05, 4.69) is 62.4 Å². The molecule has 3 heteroatoms. The Bertz CT molecular complexity index is 391. The summed E-state index contributed by atoms with van der Waals surface area (Å²) in [6.45, 7) is 4.28. The van der Waals surface area contributed by atoms with Gasteiger partial charge in [0.1, 0.15) is 0 Å². The van der Waals surface area contributed by atoms with Crippen LogP contribution in [-0.2, 0) is 0 Å². The van der Waals surface area contributed by atoms with Crippen LogP contribution < -0.4 is 32.0 Å². The van der Waals surface area contributed by atoms with Crippen molar-refractivity contribution in [1.29, 1.82) is 0 Å². The zero-order valence-corrected chi connectivity index (χ0v) is 14.2. The molecule has 0 N–H and O–H groups in total. The molecule has 17 heavy (non-hydrogen) atoms. The van der Waals surface area contributed by atoms with Gasteiger partial charge < -0.3 is 24.8 Å². The molecule has 0 spiro atoms. The monoisotopic (exact) mass is 372 g/mol. The van der Waals surface area contributed by atoms with E-state index >= 15 is 0 Å². The minimum atomic E-state index is -0.556. The fourth-order valence-electron chi connectivity index (χ4n) is 1.44. The van der Waals surface area contributed by atoms with Crippen LogP contribution in [0, 0.1) is 13.8 Å². The van der Waals surface area contributed by atoms with Gasteiger partial charge in [-0.2, -0.15) is 0 Å². The number of rotatable bonds is 2. The van der Waals surface area contributed by atoms with E-state index in [-0.39, 0.29) is 24.8 Å². The molecule has 2 aromatic carbocycles. The maximum atomic E-state index is 2.28. The first kappa shape index (κ1) is 16.8. The summed E-state index contributed by atoms with van der Waals surface area (Å²) in [5, 5.41) is 0. The number of hydrogen-bond donors (Lipinski definition) is 0. The summed E-state index contributed by atoms with van der Waals surface area (Å²) < 4.78 is 3.10. The number of hydrogen-bond acceptors (Lipinski definition) is 0. The van der Waals surface area contributed by atoms with Gasteiger partial charge in [0.25, 0.3) is 0 Å². The molecule has 0 saturated heterocycles. The van der Waals surface area contributed by atoms with Gasteiger partial charge in [0, 0.05) is 0 Å². The second-order valence-corrected chi connectivity index (χ2v) is 7.87. The maximum absolute atomic E-state index is 2.28. The first-order valence-corrected chi connectivity index (χ1v) is 8.00. The molecule has 0 aliphatic rings. The molecule has 0 amide bonds. The fourth-order valence-corrected chi connectivity index (χ4v) is 4.29. The molecule has 0 unspecified atom stereocenters. The van der Waals surface area contributed by atoms with Crippen LogP contribution in [0.15, 0.2) is 48.5 Å². The second-order valence-electron chi connectivity index (χ2n) is 3.86. The summed E-state index contributed by atoms with van der Waals surface area (Å²) in [4.78, 5) is 0. The molecule has 0 fully saturated rings. The van der Waals surface area contributed by atoms with Crippen molar-refractivity contribution < 1.29 is 24.8 Å². The van der Waals surface area contributed by atoms with Crippen molar-refractivity contribution in [2.75, 3.05) is 0 Å². The Morgan fingerprint density at radius 3 is 1.18 bits per heavy atom. The Morgan fingerprint density at radius 2 is 0.882 bits per heavy atom. The predicted octanol–water partition coefficient (Wildman–Crippen LogP) is -4.03. The molecule has 0 aliphatic heterocycles. The normalized spacial score (nSPS) is 8.59. The maximum Gasteiger partial charge on any atom is -1.00 e. The van der Waals surface area contributed by atoms with Gasteiger partial charge in [-0.3, -0.25) is 0 Å². The van der Waals surface area contributed by atoms with Gasteiger partial charge in [0.05, 0.1) is 0 Å². The van der Waals surface area contributed by atoms with Gasteiger partial charge in [-0.15, -0.1) is 0 Å². The molecule has 0 aromatic heterocycles. The zero-order valence-electron chi connectivity index (χ0n) is 9.87. The average molecular weight is 372 g/mol. The standard InChI is InChI=1S/2C7H7.2ClH.Sn/c2*1-7-5-3-2-4-6-7;;;/h2*3-6H,1H3;2*1H;/q;;;;+2/p-2. The van der Waals surface area contributed by atoms with Crippen LogP contribution in [0.3, 0.4) is 0 Å².